The van der Waals surface area contributed by atoms with Gasteiger partial charge in [-0.1, -0.05) is 49.4 Å². The highest BCUT2D eigenvalue weighted by atomic mass is 16.6. The number of anilines is 1. The first-order valence-corrected chi connectivity index (χ1v) is 24.7. The van der Waals surface area contributed by atoms with E-state index in [-0.39, 0.29) is 23.5 Å². The fraction of sp³-hybridized carbons (Fsp3) is 0.558. The van der Waals surface area contributed by atoms with E-state index in [0.717, 1.165) is 33.4 Å². The molecule has 20 heteroatoms. The number of likely N-dealkylation sites (N-methyl/N-ethyl adjacent to an activating group) is 1. The van der Waals surface area contributed by atoms with Gasteiger partial charge in [-0.25, -0.2) is 9.78 Å². The molecule has 7 heterocycles. The zero-order valence-corrected chi connectivity index (χ0v) is 42.7. The number of imidazole rings is 1. The summed E-state index contributed by atoms with van der Waals surface area (Å²) in [5.41, 5.74) is 3.57. The number of hydrogen-bond acceptors (Lipinski definition) is 16. The van der Waals surface area contributed by atoms with Crippen molar-refractivity contribution in [2.75, 3.05) is 80.1 Å². The number of nitrogens with one attached hydrogen (secondary N) is 2. The van der Waals surface area contributed by atoms with E-state index in [2.05, 4.69) is 59.4 Å². The monoisotopic (exact) mass is 993 g/mol. The Hall–Kier alpha value is -6.35. The number of hydrogen-bond donors (Lipinski definition) is 5. The molecule has 6 aliphatic rings. The van der Waals surface area contributed by atoms with E-state index in [1.54, 1.807) is 21.2 Å². The number of nitrogens with two attached hydrogens (primary N) is 1. The zero-order chi connectivity index (χ0) is 51.7. The molecule has 72 heavy (non-hydrogen) atoms. The quantitative estimate of drug-likeness (QED) is 0.0494. The van der Waals surface area contributed by atoms with Crippen LogP contribution in [0.5, 0.6) is 5.75 Å². The molecule has 20 nitrogen and oxygen atoms in total. The van der Waals surface area contributed by atoms with Crippen molar-refractivity contribution in [1.29, 1.82) is 0 Å². The highest BCUT2D eigenvalue weighted by Crippen LogP contribution is 2.68. The van der Waals surface area contributed by atoms with Crippen LogP contribution in [-0.2, 0) is 45.8 Å². The Morgan fingerprint density at radius 1 is 0.986 bits per heavy atom. The van der Waals surface area contributed by atoms with E-state index in [0.29, 0.717) is 82.6 Å². The molecule has 3 fully saturated rings. The Labute approximate surface area is 418 Å². The lowest BCUT2D eigenvalue weighted by atomic mass is 9.47. The van der Waals surface area contributed by atoms with Crippen molar-refractivity contribution in [3.8, 4) is 5.75 Å². The van der Waals surface area contributed by atoms with Gasteiger partial charge in [-0.05, 0) is 74.2 Å². The van der Waals surface area contributed by atoms with Crippen LogP contribution in [0.25, 0.3) is 10.9 Å². The van der Waals surface area contributed by atoms with Crippen LogP contribution in [0.3, 0.4) is 0 Å². The summed E-state index contributed by atoms with van der Waals surface area (Å²) in [7, 11) is 9.57. The standard InChI is InChI=1S/C46H58N4O9.C6H10N6O/c1-8-42(54)23-28-24-45(40(52)57-6,36-30(15-19-49(25-28)26-42)29-13-10-11-14-33(29)47-36)32-21-31-34(22-35(32)56-5)48(4)38-44(31)17-20-50-18-12-16-43(9-2,37(44)50)39(59-27(3)51)46(38,55)41(53)58-7;1-12(2)11-10-6-4(5(7)13)8-3-9-6/h10-14,16,21-22,28,37-39,47,54-55H,8-9,15,17-20,23-26H2,1-7H3;3H,1-2H3,(H2,7,13)(H,8,9)/t28-,37+,38-,39-,42+,43-,44-,45+,46+;/m1./s1. The summed E-state index contributed by atoms with van der Waals surface area (Å²) in [5, 5.41) is 35.2. The SMILES string of the molecule is CC[C@]1(O)C[C@H]2CN(CCc3c([nH]c4ccccc34)[C@@](C(=O)OC)(c3cc4c(cc3OC)N(C)[C@H]3[C@@](O)(C(=O)OC)[C@H](OC(C)=O)[C@]5(CC)C=CCN6CC[C@]43[C@@H]65)C2)C1.CN(C)N=Nc1nc[nH]c1C(N)=O. The number of aromatic amines is 2. The number of carbonyl (C=O) groups is 4. The van der Waals surface area contributed by atoms with Crippen molar-refractivity contribution in [3.63, 3.8) is 0 Å². The van der Waals surface area contributed by atoms with E-state index in [1.807, 2.05) is 50.1 Å². The van der Waals surface area contributed by atoms with Crippen LogP contribution in [0, 0.1) is 11.3 Å². The van der Waals surface area contributed by atoms with Crippen LogP contribution in [0.4, 0.5) is 11.5 Å². The predicted molar refractivity (Wildman–Crippen MR) is 266 cm³/mol. The highest BCUT2D eigenvalue weighted by molar-refractivity contribution is 5.96. The lowest BCUT2D eigenvalue weighted by molar-refractivity contribution is -0.228. The number of nitrogens with zero attached hydrogens (tertiary/aromatic N) is 7. The van der Waals surface area contributed by atoms with Gasteiger partial charge in [-0.15, -0.1) is 5.11 Å². The van der Waals surface area contributed by atoms with Crippen molar-refractivity contribution >= 4 is 46.2 Å². The fourth-order valence-electron chi connectivity index (χ4n) is 14.2. The summed E-state index contributed by atoms with van der Waals surface area (Å²) in [6, 6.07) is 11.0. The second kappa shape index (κ2) is 18.6. The molecule has 0 radical (unpaired) electrons. The molecular formula is C52H68N10O10. The average Bonchev–Trinajstić information content (AvgIpc) is 4.16. The molecule has 1 aliphatic carbocycles. The molecule has 2 saturated heterocycles. The Kier molecular flexibility index (Phi) is 13.1. The van der Waals surface area contributed by atoms with Gasteiger partial charge in [0.2, 0.25) is 11.4 Å². The number of para-hydroxylation sites is 1. The third-order valence-corrected chi connectivity index (χ3v) is 16.8. The number of benzene rings is 2. The number of aromatic nitrogens is 3. The number of ether oxygens (including phenoxy) is 4. The maximum atomic E-state index is 15.3. The van der Waals surface area contributed by atoms with Gasteiger partial charge >= 0.3 is 17.9 Å². The van der Waals surface area contributed by atoms with Crippen LogP contribution in [0.1, 0.15) is 85.7 Å². The molecule has 1 spiro atoms. The predicted octanol–water partition coefficient (Wildman–Crippen LogP) is 4.06. The topological polar surface area (TPSA) is 254 Å². The van der Waals surface area contributed by atoms with E-state index in [4.69, 9.17) is 24.7 Å². The maximum absolute atomic E-state index is 15.3. The van der Waals surface area contributed by atoms with Gasteiger partial charge in [-0.2, -0.15) is 0 Å². The highest BCUT2D eigenvalue weighted by Gasteiger charge is 2.80. The largest absolute Gasteiger partial charge is 0.496 e. The third kappa shape index (κ3) is 7.49. The molecule has 2 bridgehead atoms. The molecule has 4 aromatic rings. The van der Waals surface area contributed by atoms with Gasteiger partial charge in [0.15, 0.2) is 11.8 Å². The van der Waals surface area contributed by atoms with Crippen LogP contribution < -0.4 is 15.4 Å². The first-order valence-electron chi connectivity index (χ1n) is 24.7. The van der Waals surface area contributed by atoms with Crippen molar-refractivity contribution in [2.45, 2.75) is 99.5 Å². The number of piperidine rings is 1. The van der Waals surface area contributed by atoms with Gasteiger partial charge in [0.25, 0.3) is 5.91 Å². The Morgan fingerprint density at radius 3 is 2.40 bits per heavy atom. The molecule has 10 atom stereocenters. The minimum absolute atomic E-state index is 0.0986. The summed E-state index contributed by atoms with van der Waals surface area (Å²) < 4.78 is 23.9. The third-order valence-electron chi connectivity index (χ3n) is 16.8. The molecule has 6 N–H and O–H groups in total. The van der Waals surface area contributed by atoms with Crippen molar-refractivity contribution in [3.05, 3.63) is 83.0 Å². The Bertz CT molecular complexity index is 2850. The first-order chi connectivity index (χ1) is 34.3. The van der Waals surface area contributed by atoms with Crippen molar-refractivity contribution in [1.82, 2.24) is 29.8 Å². The summed E-state index contributed by atoms with van der Waals surface area (Å²) in [6.45, 7) is 8.62. The number of H-pyrrole nitrogens is 2. The number of esters is 3. The smallest absolute Gasteiger partial charge is 0.344 e. The van der Waals surface area contributed by atoms with E-state index in [1.165, 1.54) is 32.5 Å². The average molecular weight is 993 g/mol. The maximum Gasteiger partial charge on any atom is 0.344 e. The summed E-state index contributed by atoms with van der Waals surface area (Å²) in [5.74, 6) is -1.97. The molecule has 386 valence electrons. The molecule has 5 aliphatic heterocycles. The molecule has 2 aromatic carbocycles. The Morgan fingerprint density at radius 2 is 1.74 bits per heavy atom. The van der Waals surface area contributed by atoms with E-state index >= 15 is 4.79 Å². The summed E-state index contributed by atoms with van der Waals surface area (Å²) in [6.07, 6.45) is 7.28. The van der Waals surface area contributed by atoms with Gasteiger partial charge in [-0.3, -0.25) is 29.2 Å². The first kappa shape index (κ1) is 50.6. The van der Waals surface area contributed by atoms with Crippen molar-refractivity contribution < 1.29 is 48.3 Å². The van der Waals surface area contributed by atoms with Crippen LogP contribution >= 0.6 is 0 Å². The lowest BCUT2D eigenvalue weighted by Crippen LogP contribution is -2.81. The number of carbonyl (C=O) groups excluding carboxylic acids is 4. The molecule has 1 saturated carbocycles. The number of fused-ring (bicyclic) bond motifs is 6. The molecular weight excluding hydrogens is 925 g/mol. The number of aliphatic hydroxyl groups is 2. The van der Waals surface area contributed by atoms with Crippen LogP contribution in [-0.4, -0.2) is 168 Å². The minimum atomic E-state index is -2.30. The molecule has 1 amide bonds. The summed E-state index contributed by atoms with van der Waals surface area (Å²) in [4.78, 5) is 70.3. The number of rotatable bonds is 10. The zero-order valence-electron chi connectivity index (χ0n) is 42.7. The number of primary amides is 1. The fourth-order valence-corrected chi connectivity index (χ4v) is 14.2. The second-order valence-corrected chi connectivity index (χ2v) is 20.7. The molecule has 2 aromatic heterocycles. The number of methoxy groups -OCH3 is 3. The number of amides is 1. The normalized spacial score (nSPS) is 32.2. The lowest BCUT2D eigenvalue weighted by Gasteiger charge is -2.63. The van der Waals surface area contributed by atoms with E-state index < -0.39 is 63.4 Å². The van der Waals surface area contributed by atoms with Gasteiger partial charge in [0.05, 0.1) is 39.3 Å². The van der Waals surface area contributed by atoms with E-state index in [9.17, 15) is 24.6 Å². The molecule has 10 rings (SSSR count). The molecule has 1 unspecified atom stereocenters. The van der Waals surface area contributed by atoms with Gasteiger partial charge in [0, 0.05) is 105 Å². The van der Waals surface area contributed by atoms with Gasteiger partial charge in [0.1, 0.15) is 11.2 Å². The summed E-state index contributed by atoms with van der Waals surface area (Å²) >= 11 is 0. The van der Waals surface area contributed by atoms with Gasteiger partial charge < -0.3 is 49.8 Å². The van der Waals surface area contributed by atoms with Crippen LogP contribution in [0.15, 0.2) is 65.2 Å². The Balaban J connectivity index is 0.000000430. The van der Waals surface area contributed by atoms with Crippen molar-refractivity contribution in [2.24, 2.45) is 27.4 Å². The van der Waals surface area contributed by atoms with Crippen LogP contribution in [0.2, 0.25) is 0 Å². The second-order valence-electron chi connectivity index (χ2n) is 20.7. The minimum Gasteiger partial charge on any atom is -0.496 e.